The first-order valence-electron chi connectivity index (χ1n) is 6.48. The lowest BCUT2D eigenvalue weighted by molar-refractivity contribution is 0.0941. The topological polar surface area (TPSA) is 34.0 Å². The van der Waals surface area contributed by atoms with Gasteiger partial charge in [-0.25, -0.2) is 0 Å². The zero-order valence-corrected chi connectivity index (χ0v) is 13.5. The molecule has 0 radical (unpaired) electrons. The van der Waals surface area contributed by atoms with Gasteiger partial charge in [0, 0.05) is 23.8 Å². The normalized spacial score (nSPS) is 10.6. The predicted octanol–water partition coefficient (Wildman–Crippen LogP) is 4.24. The summed E-state index contributed by atoms with van der Waals surface area (Å²) in [5.74, 6) is -0.103. The van der Waals surface area contributed by atoms with Crippen molar-refractivity contribution in [2.75, 3.05) is 0 Å². The van der Waals surface area contributed by atoms with E-state index in [1.165, 1.54) is 0 Å². The molecule has 1 N–H and O–H groups in total. The summed E-state index contributed by atoms with van der Waals surface area (Å²) in [6.45, 7) is 3.35. The zero-order valence-electron chi connectivity index (χ0n) is 11.2. The van der Waals surface area contributed by atoms with Crippen molar-refractivity contribution in [2.24, 2.45) is 0 Å². The van der Waals surface area contributed by atoms with Gasteiger partial charge in [0.05, 0.1) is 5.02 Å². The summed E-state index contributed by atoms with van der Waals surface area (Å²) in [5.41, 5.74) is 1.66. The third-order valence-corrected chi connectivity index (χ3v) is 3.66. The molecule has 1 aromatic heterocycles. The molecule has 0 bridgehead atoms. The number of benzene rings is 1. The Morgan fingerprint density at radius 3 is 2.70 bits per heavy atom. The molecule has 1 heterocycles. The Morgan fingerprint density at radius 1 is 1.35 bits per heavy atom. The molecule has 3 nitrogen and oxygen atoms in total. The second kappa shape index (κ2) is 6.95. The van der Waals surface area contributed by atoms with Crippen molar-refractivity contribution in [1.82, 2.24) is 9.88 Å². The van der Waals surface area contributed by atoms with Gasteiger partial charge in [0.2, 0.25) is 0 Å². The largest absolute Gasteiger partial charge is 0.347 e. The van der Waals surface area contributed by atoms with E-state index in [1.807, 2.05) is 28.8 Å². The zero-order chi connectivity index (χ0) is 14.5. The Bertz CT molecular complexity index is 592. The number of hydrogen-bond acceptors (Lipinski definition) is 1. The summed E-state index contributed by atoms with van der Waals surface area (Å²) >= 11 is 9.36. The summed E-state index contributed by atoms with van der Waals surface area (Å²) in [6, 6.07) is 9.56. The maximum absolute atomic E-state index is 12.2. The minimum atomic E-state index is -0.103. The van der Waals surface area contributed by atoms with Gasteiger partial charge in [-0.2, -0.15) is 0 Å². The molecule has 1 aromatic carbocycles. The average Bonchev–Trinajstić information content (AvgIpc) is 2.79. The van der Waals surface area contributed by atoms with Crippen molar-refractivity contribution in [3.8, 4) is 0 Å². The van der Waals surface area contributed by atoms with Gasteiger partial charge in [-0.1, -0.05) is 46.6 Å². The number of carbonyl (C=O) groups excluding carboxylic acids is 1. The summed E-state index contributed by atoms with van der Waals surface area (Å²) in [5, 5.41) is 3.50. The third kappa shape index (κ3) is 3.87. The Morgan fingerprint density at radius 2 is 2.05 bits per heavy atom. The van der Waals surface area contributed by atoms with Crippen LogP contribution in [0, 0.1) is 0 Å². The second-order valence-corrected chi connectivity index (χ2v) is 5.90. The molecule has 1 amide bonds. The van der Waals surface area contributed by atoms with Gasteiger partial charge in [0.25, 0.3) is 5.91 Å². The maximum atomic E-state index is 12.2. The molecule has 0 aliphatic carbocycles. The molecular formula is C15H16BrClN2O. The van der Waals surface area contributed by atoms with E-state index < -0.39 is 0 Å². The van der Waals surface area contributed by atoms with Crippen LogP contribution in [0.15, 0.2) is 41.0 Å². The fourth-order valence-corrected chi connectivity index (χ4v) is 2.45. The Hall–Kier alpha value is -1.26. The number of hydrogen-bond donors (Lipinski definition) is 1. The van der Waals surface area contributed by atoms with Gasteiger partial charge >= 0.3 is 0 Å². The van der Waals surface area contributed by atoms with Crippen molar-refractivity contribution in [3.63, 3.8) is 0 Å². The average molecular weight is 356 g/mol. The van der Waals surface area contributed by atoms with Crippen LogP contribution in [0.4, 0.5) is 0 Å². The van der Waals surface area contributed by atoms with E-state index in [9.17, 15) is 4.79 Å². The number of carbonyl (C=O) groups is 1. The first kappa shape index (κ1) is 15.1. The van der Waals surface area contributed by atoms with Crippen molar-refractivity contribution < 1.29 is 4.79 Å². The van der Waals surface area contributed by atoms with Crippen LogP contribution in [0.3, 0.4) is 0 Å². The van der Waals surface area contributed by atoms with E-state index in [1.54, 1.807) is 12.3 Å². The molecule has 0 aliphatic rings. The van der Waals surface area contributed by atoms with Crippen LogP contribution in [-0.4, -0.2) is 10.5 Å². The first-order valence-corrected chi connectivity index (χ1v) is 7.65. The van der Waals surface area contributed by atoms with Crippen molar-refractivity contribution in [3.05, 3.63) is 57.3 Å². The SMILES string of the molecule is CCCn1cc(Cl)cc1C(=O)NCc1ccc(Br)cc1. The Balaban J connectivity index is 2.03. The van der Waals surface area contributed by atoms with E-state index >= 15 is 0 Å². The number of nitrogens with one attached hydrogen (secondary N) is 1. The first-order chi connectivity index (χ1) is 9.60. The number of nitrogens with zero attached hydrogens (tertiary/aromatic N) is 1. The van der Waals surface area contributed by atoms with Gasteiger partial charge in [-0.3, -0.25) is 4.79 Å². The molecule has 0 spiro atoms. The van der Waals surface area contributed by atoms with Gasteiger partial charge in [0.1, 0.15) is 5.69 Å². The lowest BCUT2D eigenvalue weighted by Crippen LogP contribution is -2.25. The van der Waals surface area contributed by atoms with Crippen molar-refractivity contribution in [1.29, 1.82) is 0 Å². The monoisotopic (exact) mass is 354 g/mol. The highest BCUT2D eigenvalue weighted by atomic mass is 79.9. The van der Waals surface area contributed by atoms with Crippen LogP contribution in [0.25, 0.3) is 0 Å². The maximum Gasteiger partial charge on any atom is 0.268 e. The predicted molar refractivity (Wildman–Crippen MR) is 85.0 cm³/mol. The van der Waals surface area contributed by atoms with E-state index in [4.69, 9.17) is 11.6 Å². The molecule has 106 valence electrons. The lowest BCUT2D eigenvalue weighted by Gasteiger charge is -2.08. The van der Waals surface area contributed by atoms with Crippen molar-refractivity contribution >= 4 is 33.4 Å². The molecule has 0 unspecified atom stereocenters. The van der Waals surface area contributed by atoms with Crippen LogP contribution in [0.1, 0.15) is 29.4 Å². The molecule has 2 rings (SSSR count). The Labute approximate surface area is 132 Å². The summed E-state index contributed by atoms with van der Waals surface area (Å²) < 4.78 is 2.91. The molecule has 0 saturated heterocycles. The molecule has 2 aromatic rings. The molecule has 0 saturated carbocycles. The van der Waals surface area contributed by atoms with Crippen LogP contribution in [0.5, 0.6) is 0 Å². The van der Waals surface area contributed by atoms with E-state index in [0.29, 0.717) is 17.3 Å². The van der Waals surface area contributed by atoms with Crippen LogP contribution < -0.4 is 5.32 Å². The van der Waals surface area contributed by atoms with E-state index in [2.05, 4.69) is 28.2 Å². The summed E-state index contributed by atoms with van der Waals surface area (Å²) in [6.07, 6.45) is 2.75. The van der Waals surface area contributed by atoms with E-state index in [0.717, 1.165) is 23.0 Å². The third-order valence-electron chi connectivity index (χ3n) is 2.93. The van der Waals surface area contributed by atoms with Crippen LogP contribution in [-0.2, 0) is 13.1 Å². The molecule has 0 aliphatic heterocycles. The summed E-state index contributed by atoms with van der Waals surface area (Å²) in [7, 11) is 0. The van der Waals surface area contributed by atoms with Gasteiger partial charge < -0.3 is 9.88 Å². The number of aromatic nitrogens is 1. The highest BCUT2D eigenvalue weighted by Gasteiger charge is 2.12. The Kier molecular flexibility index (Phi) is 5.26. The minimum Gasteiger partial charge on any atom is -0.347 e. The van der Waals surface area contributed by atoms with Gasteiger partial charge in [-0.15, -0.1) is 0 Å². The number of amides is 1. The molecule has 0 atom stereocenters. The van der Waals surface area contributed by atoms with Crippen LogP contribution in [0.2, 0.25) is 5.02 Å². The highest BCUT2D eigenvalue weighted by molar-refractivity contribution is 9.10. The number of aryl methyl sites for hydroxylation is 1. The lowest BCUT2D eigenvalue weighted by atomic mass is 10.2. The quantitative estimate of drug-likeness (QED) is 0.855. The summed E-state index contributed by atoms with van der Waals surface area (Å²) in [4.78, 5) is 12.2. The highest BCUT2D eigenvalue weighted by Crippen LogP contribution is 2.15. The molecular weight excluding hydrogens is 340 g/mol. The molecule has 0 fully saturated rings. The van der Waals surface area contributed by atoms with E-state index in [-0.39, 0.29) is 5.91 Å². The number of halogens is 2. The number of rotatable bonds is 5. The van der Waals surface area contributed by atoms with Crippen molar-refractivity contribution in [2.45, 2.75) is 26.4 Å². The smallest absolute Gasteiger partial charge is 0.268 e. The van der Waals surface area contributed by atoms with Gasteiger partial charge in [0.15, 0.2) is 0 Å². The minimum absolute atomic E-state index is 0.103. The second-order valence-electron chi connectivity index (χ2n) is 4.55. The standard InChI is InChI=1S/C15H16BrClN2O/c1-2-7-19-10-13(17)8-14(19)15(20)18-9-11-3-5-12(16)6-4-11/h3-6,8,10H,2,7,9H2,1H3,(H,18,20). The molecule has 5 heteroatoms. The fraction of sp³-hybridized carbons (Fsp3) is 0.267. The molecule has 20 heavy (non-hydrogen) atoms. The van der Waals surface area contributed by atoms with Crippen LogP contribution >= 0.6 is 27.5 Å². The van der Waals surface area contributed by atoms with Gasteiger partial charge in [-0.05, 0) is 30.2 Å². The fourth-order valence-electron chi connectivity index (χ4n) is 1.97.